The highest BCUT2D eigenvalue weighted by atomic mass is 35.5. The lowest BCUT2D eigenvalue weighted by Gasteiger charge is -2.11. The van der Waals surface area contributed by atoms with E-state index in [-0.39, 0.29) is 28.4 Å². The predicted molar refractivity (Wildman–Crippen MR) is 104 cm³/mol. The normalized spacial score (nSPS) is 11.1. The Morgan fingerprint density at radius 1 is 1.12 bits per heavy atom. The SMILES string of the molecule is Cc1cc2nc(N)n(CC(=O)Nc3c(Cl)cc(Cl)cc3Cl)c2cc1C. The van der Waals surface area contributed by atoms with Crippen molar-refractivity contribution in [3.8, 4) is 0 Å². The molecule has 3 N–H and O–H groups in total. The van der Waals surface area contributed by atoms with E-state index in [4.69, 9.17) is 40.5 Å². The van der Waals surface area contributed by atoms with Crippen molar-refractivity contribution in [3.05, 3.63) is 50.5 Å². The minimum atomic E-state index is -0.324. The van der Waals surface area contributed by atoms with Crippen LogP contribution < -0.4 is 11.1 Å². The fraction of sp³-hybridized carbons (Fsp3) is 0.176. The van der Waals surface area contributed by atoms with Gasteiger partial charge < -0.3 is 15.6 Å². The monoisotopic (exact) mass is 396 g/mol. The van der Waals surface area contributed by atoms with Gasteiger partial charge in [-0.3, -0.25) is 4.79 Å². The molecule has 0 aliphatic carbocycles. The van der Waals surface area contributed by atoms with E-state index in [0.29, 0.717) is 10.7 Å². The maximum absolute atomic E-state index is 12.5. The van der Waals surface area contributed by atoms with Crippen LogP contribution in [0.25, 0.3) is 11.0 Å². The molecule has 1 aromatic heterocycles. The number of anilines is 2. The summed E-state index contributed by atoms with van der Waals surface area (Å²) >= 11 is 18.1. The van der Waals surface area contributed by atoms with Gasteiger partial charge in [0.05, 0.1) is 26.8 Å². The van der Waals surface area contributed by atoms with Crippen LogP contribution in [0.15, 0.2) is 24.3 Å². The summed E-state index contributed by atoms with van der Waals surface area (Å²) in [5.41, 5.74) is 10.0. The Morgan fingerprint density at radius 2 is 1.72 bits per heavy atom. The Balaban J connectivity index is 1.90. The number of hydrogen-bond acceptors (Lipinski definition) is 3. The third-order valence-corrected chi connectivity index (χ3v) is 4.78. The Kier molecular flexibility index (Phi) is 4.82. The molecule has 0 bridgehead atoms. The summed E-state index contributed by atoms with van der Waals surface area (Å²) in [6.45, 7) is 3.98. The standard InChI is InChI=1S/C17H15Cl3N4O/c1-8-3-13-14(4-9(8)2)24(17(21)22-13)7-15(25)23-16-11(19)5-10(18)6-12(16)20/h3-6H,7H2,1-2H3,(H2,21,22)(H,23,25). The van der Waals surface area contributed by atoms with E-state index in [0.717, 1.165) is 22.2 Å². The van der Waals surface area contributed by atoms with Crippen molar-refractivity contribution in [1.29, 1.82) is 0 Å². The molecule has 0 aliphatic rings. The molecule has 130 valence electrons. The average Bonchev–Trinajstić information content (AvgIpc) is 2.79. The minimum absolute atomic E-state index is 0.0138. The van der Waals surface area contributed by atoms with Gasteiger partial charge in [0.15, 0.2) is 0 Å². The number of aryl methyl sites for hydroxylation is 2. The molecule has 0 radical (unpaired) electrons. The molecule has 0 spiro atoms. The van der Waals surface area contributed by atoms with Crippen molar-refractivity contribution in [2.75, 3.05) is 11.1 Å². The van der Waals surface area contributed by atoms with Crippen LogP contribution in [-0.4, -0.2) is 15.5 Å². The lowest BCUT2D eigenvalue weighted by Crippen LogP contribution is -2.20. The number of nitrogens with one attached hydrogen (secondary N) is 1. The second kappa shape index (κ2) is 6.75. The highest BCUT2D eigenvalue weighted by Crippen LogP contribution is 2.33. The summed E-state index contributed by atoms with van der Waals surface area (Å²) in [5.74, 6) is -0.0567. The molecule has 0 saturated heterocycles. The quantitative estimate of drug-likeness (QED) is 0.664. The van der Waals surface area contributed by atoms with E-state index >= 15 is 0 Å². The molecule has 25 heavy (non-hydrogen) atoms. The number of imidazole rings is 1. The first-order valence-corrected chi connectivity index (χ1v) is 8.57. The van der Waals surface area contributed by atoms with Gasteiger partial charge in [0.25, 0.3) is 0 Å². The topological polar surface area (TPSA) is 72.9 Å². The summed E-state index contributed by atoms with van der Waals surface area (Å²) in [5, 5.41) is 3.62. The summed E-state index contributed by atoms with van der Waals surface area (Å²) in [6, 6.07) is 6.93. The van der Waals surface area contributed by atoms with Crippen molar-refractivity contribution in [2.45, 2.75) is 20.4 Å². The van der Waals surface area contributed by atoms with Gasteiger partial charge in [0, 0.05) is 5.02 Å². The third kappa shape index (κ3) is 3.54. The first-order chi connectivity index (χ1) is 11.8. The molecule has 3 rings (SSSR count). The maximum Gasteiger partial charge on any atom is 0.244 e. The van der Waals surface area contributed by atoms with Crippen LogP contribution in [0.4, 0.5) is 11.6 Å². The summed E-state index contributed by atoms with van der Waals surface area (Å²) in [6.07, 6.45) is 0. The number of aromatic nitrogens is 2. The van der Waals surface area contributed by atoms with E-state index in [1.165, 1.54) is 12.1 Å². The van der Waals surface area contributed by atoms with Crippen molar-refractivity contribution < 1.29 is 4.79 Å². The molecule has 0 fully saturated rings. The number of hydrogen-bond donors (Lipinski definition) is 2. The van der Waals surface area contributed by atoms with Gasteiger partial charge in [-0.25, -0.2) is 4.98 Å². The molecule has 0 unspecified atom stereocenters. The zero-order valence-electron chi connectivity index (χ0n) is 13.5. The first kappa shape index (κ1) is 17.9. The highest BCUT2D eigenvalue weighted by Gasteiger charge is 2.15. The number of nitrogens with zero attached hydrogens (tertiary/aromatic N) is 2. The van der Waals surface area contributed by atoms with Crippen LogP contribution >= 0.6 is 34.8 Å². The van der Waals surface area contributed by atoms with Gasteiger partial charge in [0.1, 0.15) is 6.54 Å². The Hall–Kier alpha value is -1.95. The molecule has 1 heterocycles. The van der Waals surface area contributed by atoms with Gasteiger partial charge in [-0.05, 0) is 49.2 Å². The minimum Gasteiger partial charge on any atom is -0.369 e. The van der Waals surface area contributed by atoms with Gasteiger partial charge in [-0.15, -0.1) is 0 Å². The summed E-state index contributed by atoms with van der Waals surface area (Å²) in [4.78, 5) is 16.8. The van der Waals surface area contributed by atoms with E-state index in [1.54, 1.807) is 4.57 Å². The maximum atomic E-state index is 12.5. The number of carbonyl (C=O) groups is 1. The Labute approximate surface area is 159 Å². The number of nitrogens with two attached hydrogens (primary N) is 1. The lowest BCUT2D eigenvalue weighted by molar-refractivity contribution is -0.116. The van der Waals surface area contributed by atoms with Gasteiger partial charge in [-0.2, -0.15) is 0 Å². The largest absolute Gasteiger partial charge is 0.369 e. The van der Waals surface area contributed by atoms with Crippen LogP contribution in [0.1, 0.15) is 11.1 Å². The smallest absolute Gasteiger partial charge is 0.244 e. The molecule has 1 amide bonds. The van der Waals surface area contributed by atoms with E-state index in [2.05, 4.69) is 10.3 Å². The number of rotatable bonds is 3. The summed E-state index contributed by atoms with van der Waals surface area (Å²) < 4.78 is 1.65. The number of amides is 1. The molecule has 0 saturated carbocycles. The second-order valence-electron chi connectivity index (χ2n) is 5.77. The van der Waals surface area contributed by atoms with Crippen LogP contribution in [0.5, 0.6) is 0 Å². The van der Waals surface area contributed by atoms with E-state index in [9.17, 15) is 4.79 Å². The zero-order valence-corrected chi connectivity index (χ0v) is 15.8. The Morgan fingerprint density at radius 3 is 2.36 bits per heavy atom. The average molecular weight is 398 g/mol. The van der Waals surface area contributed by atoms with E-state index < -0.39 is 0 Å². The molecule has 0 aliphatic heterocycles. The van der Waals surface area contributed by atoms with Crippen LogP contribution in [0, 0.1) is 13.8 Å². The highest BCUT2D eigenvalue weighted by molar-refractivity contribution is 6.42. The fourth-order valence-corrected chi connectivity index (χ4v) is 3.46. The van der Waals surface area contributed by atoms with Crippen molar-refractivity contribution in [3.63, 3.8) is 0 Å². The van der Waals surface area contributed by atoms with Gasteiger partial charge in [0.2, 0.25) is 11.9 Å². The van der Waals surface area contributed by atoms with Gasteiger partial charge >= 0.3 is 0 Å². The van der Waals surface area contributed by atoms with Crippen molar-refractivity contribution >= 4 is 63.4 Å². The third-order valence-electron chi connectivity index (χ3n) is 3.97. The van der Waals surface area contributed by atoms with Crippen LogP contribution in [0.3, 0.4) is 0 Å². The van der Waals surface area contributed by atoms with Gasteiger partial charge in [-0.1, -0.05) is 34.8 Å². The Bertz CT molecular complexity index is 974. The van der Waals surface area contributed by atoms with E-state index in [1.807, 2.05) is 26.0 Å². The molecule has 2 aromatic carbocycles. The fourth-order valence-electron chi connectivity index (χ4n) is 2.55. The number of benzene rings is 2. The van der Waals surface area contributed by atoms with Crippen molar-refractivity contribution in [1.82, 2.24) is 9.55 Å². The zero-order chi connectivity index (χ0) is 18.3. The first-order valence-electron chi connectivity index (χ1n) is 7.43. The summed E-state index contributed by atoms with van der Waals surface area (Å²) in [7, 11) is 0. The molecular formula is C17H15Cl3N4O. The van der Waals surface area contributed by atoms with Crippen LogP contribution in [-0.2, 0) is 11.3 Å². The number of carbonyl (C=O) groups excluding carboxylic acids is 1. The second-order valence-corrected chi connectivity index (χ2v) is 7.02. The molecular weight excluding hydrogens is 383 g/mol. The molecule has 3 aromatic rings. The van der Waals surface area contributed by atoms with Crippen LogP contribution in [0.2, 0.25) is 15.1 Å². The molecule has 5 nitrogen and oxygen atoms in total. The predicted octanol–water partition coefficient (Wildman–Crippen LogP) is 4.83. The lowest BCUT2D eigenvalue weighted by atomic mass is 10.1. The number of halogens is 3. The molecule has 8 heteroatoms. The number of nitrogen functional groups attached to an aromatic ring is 1. The molecule has 0 atom stereocenters. The van der Waals surface area contributed by atoms with Crippen molar-refractivity contribution in [2.24, 2.45) is 0 Å². The number of fused-ring (bicyclic) bond motifs is 1.